The molecule has 17 heavy (non-hydrogen) atoms. The van der Waals surface area contributed by atoms with Gasteiger partial charge in [-0.2, -0.15) is 5.26 Å². The van der Waals surface area contributed by atoms with Gasteiger partial charge in [-0.1, -0.05) is 0 Å². The summed E-state index contributed by atoms with van der Waals surface area (Å²) in [5.41, 5.74) is 3.65. The Bertz CT molecular complexity index is 483. The van der Waals surface area contributed by atoms with Gasteiger partial charge >= 0.3 is 5.97 Å². The molecule has 0 fully saturated rings. The van der Waals surface area contributed by atoms with Crippen LogP contribution < -0.4 is 5.73 Å². The number of pyridine rings is 1. The van der Waals surface area contributed by atoms with Crippen LogP contribution in [0.5, 0.6) is 0 Å². The summed E-state index contributed by atoms with van der Waals surface area (Å²) in [6.45, 7) is 1.55. The first kappa shape index (κ1) is 12.8. The number of aromatic nitrogens is 1. The highest BCUT2D eigenvalue weighted by Gasteiger charge is 2.23. The van der Waals surface area contributed by atoms with Crippen LogP contribution in [0.3, 0.4) is 0 Å². The van der Waals surface area contributed by atoms with Crippen molar-refractivity contribution in [3.63, 3.8) is 0 Å². The Morgan fingerprint density at radius 3 is 2.82 bits per heavy atom. The summed E-state index contributed by atoms with van der Waals surface area (Å²) in [7, 11) is 0. The molecule has 90 valence electrons. The van der Waals surface area contributed by atoms with Gasteiger partial charge in [0, 0.05) is 0 Å². The molecule has 5 nitrogen and oxygen atoms in total. The predicted octanol–water partition coefficient (Wildman–Crippen LogP) is 1.65. The van der Waals surface area contributed by atoms with Crippen molar-refractivity contribution in [2.75, 3.05) is 12.3 Å². The fourth-order valence-corrected chi connectivity index (χ4v) is 1.16. The molecule has 1 heterocycles. The number of anilines is 1. The number of halogens is 2. The van der Waals surface area contributed by atoms with Crippen LogP contribution in [0.25, 0.3) is 0 Å². The number of carbonyl (C=O) groups is 1. The second-order valence-electron chi connectivity index (χ2n) is 3.00. The third kappa shape index (κ3) is 2.66. The van der Waals surface area contributed by atoms with E-state index in [1.54, 1.807) is 6.07 Å². The molecule has 2 N–H and O–H groups in total. The highest BCUT2D eigenvalue weighted by molar-refractivity contribution is 5.89. The number of carbonyl (C=O) groups excluding carboxylic acids is 1. The number of alkyl halides is 2. The van der Waals surface area contributed by atoms with Crippen LogP contribution in [0.4, 0.5) is 14.5 Å². The minimum absolute atomic E-state index is 0.0233. The molecule has 7 heteroatoms. The van der Waals surface area contributed by atoms with E-state index in [-0.39, 0.29) is 18.0 Å². The van der Waals surface area contributed by atoms with Crippen molar-refractivity contribution in [1.29, 1.82) is 5.26 Å². The van der Waals surface area contributed by atoms with Gasteiger partial charge in [-0.05, 0) is 13.0 Å². The van der Waals surface area contributed by atoms with E-state index in [9.17, 15) is 13.6 Å². The number of nitrogens with two attached hydrogens (primary N) is 1. The van der Waals surface area contributed by atoms with Gasteiger partial charge in [-0.15, -0.1) is 0 Å². The van der Waals surface area contributed by atoms with Crippen molar-refractivity contribution < 1.29 is 18.3 Å². The van der Waals surface area contributed by atoms with Gasteiger partial charge in [0.15, 0.2) is 11.4 Å². The van der Waals surface area contributed by atoms with E-state index < -0.39 is 23.7 Å². The van der Waals surface area contributed by atoms with Gasteiger partial charge in [0.2, 0.25) is 0 Å². The Hall–Kier alpha value is -2.23. The van der Waals surface area contributed by atoms with E-state index in [4.69, 9.17) is 11.0 Å². The van der Waals surface area contributed by atoms with Crippen LogP contribution in [0.2, 0.25) is 0 Å². The highest BCUT2D eigenvalue weighted by atomic mass is 19.3. The quantitative estimate of drug-likeness (QED) is 0.812. The van der Waals surface area contributed by atoms with Crippen LogP contribution >= 0.6 is 0 Å². The normalized spacial score (nSPS) is 10.1. The van der Waals surface area contributed by atoms with E-state index in [1.165, 1.54) is 6.92 Å². The molecule has 0 saturated carbocycles. The molecule has 0 saturated heterocycles. The minimum Gasteiger partial charge on any atom is -0.461 e. The average Bonchev–Trinajstić information content (AvgIpc) is 2.28. The number of nitriles is 1. The number of hydrogen-bond donors (Lipinski definition) is 1. The second-order valence-corrected chi connectivity index (χ2v) is 3.00. The zero-order chi connectivity index (χ0) is 13.0. The summed E-state index contributed by atoms with van der Waals surface area (Å²) in [6.07, 6.45) is -2.92. The molecule has 0 bridgehead atoms. The van der Waals surface area contributed by atoms with E-state index >= 15 is 0 Å². The van der Waals surface area contributed by atoms with Gasteiger partial charge in [-0.3, -0.25) is 0 Å². The average molecular weight is 241 g/mol. The van der Waals surface area contributed by atoms with Crippen molar-refractivity contribution in [2.45, 2.75) is 13.3 Å². The molecule has 0 aromatic carbocycles. The fraction of sp³-hybridized carbons (Fsp3) is 0.300. The summed E-state index contributed by atoms with van der Waals surface area (Å²) in [5, 5.41) is 8.65. The molecule has 0 aliphatic heterocycles. The van der Waals surface area contributed by atoms with Crippen molar-refractivity contribution in [3.05, 3.63) is 23.0 Å². The van der Waals surface area contributed by atoms with Gasteiger partial charge in [0.05, 0.1) is 17.9 Å². The lowest BCUT2D eigenvalue weighted by Crippen LogP contribution is -2.13. The lowest BCUT2D eigenvalue weighted by molar-refractivity contribution is 0.0507. The molecule has 1 aromatic rings. The maximum Gasteiger partial charge on any atom is 0.357 e. The molecule has 0 aliphatic carbocycles. The first-order valence-electron chi connectivity index (χ1n) is 4.67. The van der Waals surface area contributed by atoms with Gasteiger partial charge in [0.25, 0.3) is 6.43 Å². The van der Waals surface area contributed by atoms with E-state index in [2.05, 4.69) is 9.72 Å². The molecule has 0 amide bonds. The summed E-state index contributed by atoms with van der Waals surface area (Å²) >= 11 is 0. The van der Waals surface area contributed by atoms with Gasteiger partial charge in [-0.25, -0.2) is 18.6 Å². The molecule has 0 aliphatic rings. The number of nitrogen functional groups attached to an aromatic ring is 1. The largest absolute Gasteiger partial charge is 0.461 e. The fourth-order valence-electron chi connectivity index (χ4n) is 1.16. The summed E-state index contributed by atoms with van der Waals surface area (Å²) in [5.74, 6) is -1.00. The van der Waals surface area contributed by atoms with Crippen LogP contribution in [-0.2, 0) is 4.74 Å². The molecular formula is C10H9F2N3O2. The van der Waals surface area contributed by atoms with E-state index in [0.29, 0.717) is 0 Å². The minimum atomic E-state index is -2.92. The van der Waals surface area contributed by atoms with Gasteiger partial charge in [0.1, 0.15) is 6.07 Å². The lowest BCUT2D eigenvalue weighted by atomic mass is 10.1. The van der Waals surface area contributed by atoms with E-state index in [1.807, 2.05) is 0 Å². The summed E-state index contributed by atoms with van der Waals surface area (Å²) < 4.78 is 29.9. The third-order valence-electron chi connectivity index (χ3n) is 1.89. The number of ether oxygens (including phenoxy) is 1. The molecule has 1 aromatic heterocycles. The number of rotatable bonds is 3. The first-order valence-corrected chi connectivity index (χ1v) is 4.67. The predicted molar refractivity (Wildman–Crippen MR) is 54.3 cm³/mol. The van der Waals surface area contributed by atoms with Crippen molar-refractivity contribution in [2.24, 2.45) is 0 Å². The molecular weight excluding hydrogens is 232 g/mol. The van der Waals surface area contributed by atoms with Crippen molar-refractivity contribution in [1.82, 2.24) is 4.98 Å². The number of nitrogens with zero attached hydrogens (tertiary/aromatic N) is 2. The zero-order valence-electron chi connectivity index (χ0n) is 8.91. The molecule has 0 unspecified atom stereocenters. The second kappa shape index (κ2) is 5.21. The summed E-state index contributed by atoms with van der Waals surface area (Å²) in [4.78, 5) is 14.9. The first-order chi connectivity index (χ1) is 8.01. The third-order valence-corrected chi connectivity index (χ3v) is 1.89. The number of hydrogen-bond acceptors (Lipinski definition) is 5. The zero-order valence-corrected chi connectivity index (χ0v) is 8.91. The van der Waals surface area contributed by atoms with Crippen LogP contribution in [-0.4, -0.2) is 17.6 Å². The SMILES string of the molecule is CCOC(=O)c1nc(C#N)c(N)cc1C(F)F. The summed E-state index contributed by atoms with van der Waals surface area (Å²) in [6, 6.07) is 2.47. The molecule has 0 radical (unpaired) electrons. The molecule has 1 rings (SSSR count). The van der Waals surface area contributed by atoms with Gasteiger partial charge < -0.3 is 10.5 Å². The monoisotopic (exact) mass is 241 g/mol. The Morgan fingerprint density at radius 1 is 1.71 bits per heavy atom. The molecule has 0 atom stereocenters. The lowest BCUT2D eigenvalue weighted by Gasteiger charge is -2.09. The smallest absolute Gasteiger partial charge is 0.357 e. The standard InChI is InChI=1S/C10H9F2N3O2/c1-2-17-10(16)8-5(9(11)12)3-6(14)7(4-13)15-8/h3,9H,2,14H2,1H3. The Morgan fingerprint density at radius 2 is 2.35 bits per heavy atom. The van der Waals surface area contributed by atoms with Crippen LogP contribution in [0.1, 0.15) is 35.1 Å². The van der Waals surface area contributed by atoms with Crippen molar-refractivity contribution in [3.8, 4) is 6.07 Å². The van der Waals surface area contributed by atoms with Crippen LogP contribution in [0, 0.1) is 11.3 Å². The Kier molecular flexibility index (Phi) is 3.93. The Labute approximate surface area is 95.8 Å². The van der Waals surface area contributed by atoms with Crippen molar-refractivity contribution >= 4 is 11.7 Å². The molecule has 0 spiro atoms. The maximum absolute atomic E-state index is 12.7. The van der Waals surface area contributed by atoms with E-state index in [0.717, 1.165) is 6.07 Å². The topological polar surface area (TPSA) is 89.0 Å². The highest BCUT2D eigenvalue weighted by Crippen LogP contribution is 2.25. The van der Waals surface area contributed by atoms with Crippen LogP contribution in [0.15, 0.2) is 6.07 Å². The Balaban J connectivity index is 3.35. The maximum atomic E-state index is 12.7. The number of esters is 1.